The van der Waals surface area contributed by atoms with Gasteiger partial charge in [0.05, 0.1) is 15.6 Å². The molecule has 3 nitrogen and oxygen atoms in total. The smallest absolute Gasteiger partial charge is 0.284 e. The molecule has 1 N–H and O–H groups in total. The minimum Gasteiger partial charge on any atom is -0.284 e. The summed E-state index contributed by atoms with van der Waals surface area (Å²) in [7, 11) is 0. The van der Waals surface area contributed by atoms with Crippen molar-refractivity contribution in [2.24, 2.45) is 0 Å². The van der Waals surface area contributed by atoms with Gasteiger partial charge in [0.15, 0.2) is 0 Å². The maximum absolute atomic E-state index is 10.5. The van der Waals surface area contributed by atoms with Gasteiger partial charge in [0.25, 0.3) is 5.69 Å². The van der Waals surface area contributed by atoms with Crippen molar-refractivity contribution in [1.29, 1.82) is 0 Å². The molecule has 2 aromatic heterocycles. The number of rotatable bonds is 2. The van der Waals surface area contributed by atoms with Gasteiger partial charge in [-0.1, -0.05) is 70.7 Å². The molecular formula is C20H11Cl4N2O+. The average molecular weight is 437 g/mol. The Labute approximate surface area is 175 Å². The molecule has 0 radical (unpaired) electrons. The minimum absolute atomic E-state index is 0.257. The van der Waals surface area contributed by atoms with Crippen molar-refractivity contribution in [2.75, 3.05) is 0 Å². The third-order valence-corrected chi connectivity index (χ3v) is 5.38. The number of halogens is 4. The first-order valence-corrected chi connectivity index (χ1v) is 9.42. The van der Waals surface area contributed by atoms with Crippen LogP contribution in [0.1, 0.15) is 0 Å². The summed E-state index contributed by atoms with van der Waals surface area (Å²) < 4.78 is 0.940. The maximum atomic E-state index is 10.5. The summed E-state index contributed by atoms with van der Waals surface area (Å²) in [5.41, 5.74) is 2.87. The summed E-state index contributed by atoms with van der Waals surface area (Å²) >= 11 is 25.4. The number of benzene rings is 2. The fraction of sp³-hybridized carbons (Fsp3) is 0. The van der Waals surface area contributed by atoms with Crippen LogP contribution in [0.5, 0.6) is 0 Å². The first-order valence-electron chi connectivity index (χ1n) is 7.91. The molecule has 0 unspecified atom stereocenters. The van der Waals surface area contributed by atoms with Crippen LogP contribution in [0.3, 0.4) is 0 Å². The Kier molecular flexibility index (Phi) is 4.87. The quantitative estimate of drug-likeness (QED) is 0.215. The zero-order valence-corrected chi connectivity index (χ0v) is 16.7. The van der Waals surface area contributed by atoms with Crippen LogP contribution in [0, 0.1) is 0 Å². The Morgan fingerprint density at radius 3 is 2.15 bits per heavy atom. The summed E-state index contributed by atoms with van der Waals surface area (Å²) in [5, 5.41) is 12.9. The molecule has 0 aliphatic heterocycles. The minimum atomic E-state index is 0.257. The maximum Gasteiger partial charge on any atom is 0.293 e. The molecule has 0 aliphatic carbocycles. The summed E-state index contributed by atoms with van der Waals surface area (Å²) in [6, 6.07) is 16.1. The van der Waals surface area contributed by atoms with E-state index in [9.17, 15) is 5.21 Å². The Hall–Kier alpha value is -2.04. The molecule has 4 rings (SSSR count). The molecule has 4 aromatic rings. The van der Waals surface area contributed by atoms with Crippen molar-refractivity contribution in [3.63, 3.8) is 0 Å². The van der Waals surface area contributed by atoms with Gasteiger partial charge in [-0.25, -0.2) is 4.98 Å². The second kappa shape index (κ2) is 7.17. The second-order valence-electron chi connectivity index (χ2n) is 5.84. The molecule has 0 bridgehead atoms. The van der Waals surface area contributed by atoms with Crippen LogP contribution in [-0.4, -0.2) is 10.2 Å². The number of aromatic nitrogens is 2. The van der Waals surface area contributed by atoms with E-state index >= 15 is 0 Å². The first kappa shape index (κ1) is 18.3. The SMILES string of the molecule is O[n+]1ccc2c(-c3ccccc3Cl)cc(Cl)nc2c1-c1c(Cl)cccc1Cl. The van der Waals surface area contributed by atoms with Gasteiger partial charge in [-0.15, -0.1) is 0 Å². The van der Waals surface area contributed by atoms with Gasteiger partial charge >= 0.3 is 0 Å². The van der Waals surface area contributed by atoms with Gasteiger partial charge in [0.2, 0.25) is 6.20 Å². The molecule has 7 heteroatoms. The normalized spacial score (nSPS) is 11.1. The van der Waals surface area contributed by atoms with Crippen LogP contribution in [-0.2, 0) is 0 Å². The summed E-state index contributed by atoms with van der Waals surface area (Å²) in [4.78, 5) is 4.44. The lowest BCUT2D eigenvalue weighted by molar-refractivity contribution is -0.895. The lowest BCUT2D eigenvalue weighted by Crippen LogP contribution is -2.32. The van der Waals surface area contributed by atoms with E-state index in [4.69, 9.17) is 46.4 Å². The fourth-order valence-electron chi connectivity index (χ4n) is 3.06. The number of hydrogen-bond donors (Lipinski definition) is 1. The highest BCUT2D eigenvalue weighted by Gasteiger charge is 2.26. The number of hydrogen-bond acceptors (Lipinski definition) is 2. The van der Waals surface area contributed by atoms with Crippen molar-refractivity contribution >= 4 is 57.3 Å². The van der Waals surface area contributed by atoms with Crippen molar-refractivity contribution in [3.8, 4) is 22.4 Å². The predicted molar refractivity (Wildman–Crippen MR) is 110 cm³/mol. The van der Waals surface area contributed by atoms with E-state index in [1.165, 1.54) is 6.20 Å². The molecule has 2 aromatic carbocycles. The highest BCUT2D eigenvalue weighted by Crippen LogP contribution is 2.40. The molecule has 2 heterocycles. The van der Waals surface area contributed by atoms with Crippen molar-refractivity contribution in [2.45, 2.75) is 0 Å². The number of fused-ring (bicyclic) bond motifs is 1. The zero-order valence-electron chi connectivity index (χ0n) is 13.6. The highest BCUT2D eigenvalue weighted by molar-refractivity contribution is 6.39. The molecule has 0 aliphatic rings. The van der Waals surface area contributed by atoms with E-state index < -0.39 is 0 Å². The molecule has 27 heavy (non-hydrogen) atoms. The van der Waals surface area contributed by atoms with E-state index in [0.717, 1.165) is 21.2 Å². The number of nitrogens with zero attached hydrogens (tertiary/aromatic N) is 2. The Bertz CT molecular complexity index is 1170. The van der Waals surface area contributed by atoms with Gasteiger partial charge in [0, 0.05) is 26.8 Å². The predicted octanol–water partition coefficient (Wildman–Crippen LogP) is 6.71. The van der Waals surface area contributed by atoms with E-state index in [-0.39, 0.29) is 5.15 Å². The summed E-state index contributed by atoms with van der Waals surface area (Å²) in [6.45, 7) is 0. The zero-order chi connectivity index (χ0) is 19.1. The van der Waals surface area contributed by atoms with Crippen molar-refractivity contribution < 1.29 is 9.94 Å². The van der Waals surface area contributed by atoms with Crippen LogP contribution in [0.4, 0.5) is 0 Å². The molecular weight excluding hydrogens is 426 g/mol. The van der Waals surface area contributed by atoms with Crippen molar-refractivity contribution in [3.05, 3.63) is 81.0 Å². The molecule has 0 atom stereocenters. The lowest BCUT2D eigenvalue weighted by Gasteiger charge is -2.11. The van der Waals surface area contributed by atoms with Crippen LogP contribution >= 0.6 is 46.4 Å². The topological polar surface area (TPSA) is 37.0 Å². The van der Waals surface area contributed by atoms with Gasteiger partial charge in [-0.2, -0.15) is 0 Å². The summed E-state index contributed by atoms with van der Waals surface area (Å²) in [6.07, 6.45) is 1.51. The molecule has 134 valence electrons. The van der Waals surface area contributed by atoms with Crippen LogP contribution in [0.2, 0.25) is 20.2 Å². The highest BCUT2D eigenvalue weighted by atomic mass is 35.5. The molecule has 0 spiro atoms. The Morgan fingerprint density at radius 1 is 0.778 bits per heavy atom. The van der Waals surface area contributed by atoms with E-state index in [1.54, 1.807) is 36.4 Å². The van der Waals surface area contributed by atoms with Crippen LogP contribution in [0.25, 0.3) is 33.3 Å². The van der Waals surface area contributed by atoms with Crippen molar-refractivity contribution in [1.82, 2.24) is 4.98 Å². The second-order valence-corrected chi connectivity index (χ2v) is 7.45. The monoisotopic (exact) mass is 435 g/mol. The van der Waals surface area contributed by atoms with E-state index in [1.807, 2.05) is 18.2 Å². The Balaban J connectivity index is 2.14. The standard InChI is InChI=1S/C20H11Cl4N2O/c21-14-5-2-1-4-11(14)13-10-17(24)25-19-12(13)8-9-26(27)20(19)18-15(22)6-3-7-16(18)23/h1-10,27H/q+1. The average Bonchev–Trinajstić information content (AvgIpc) is 2.63. The lowest BCUT2D eigenvalue weighted by atomic mass is 9.99. The molecule has 0 saturated heterocycles. The van der Waals surface area contributed by atoms with Gasteiger partial charge in [0.1, 0.15) is 10.7 Å². The van der Waals surface area contributed by atoms with Gasteiger partial charge in [-0.05, 0) is 29.8 Å². The molecule has 0 amide bonds. The Morgan fingerprint density at radius 2 is 1.44 bits per heavy atom. The van der Waals surface area contributed by atoms with E-state index in [2.05, 4.69) is 4.98 Å². The van der Waals surface area contributed by atoms with Crippen LogP contribution in [0.15, 0.2) is 60.8 Å². The van der Waals surface area contributed by atoms with Gasteiger partial charge in [-0.3, -0.25) is 5.21 Å². The van der Waals surface area contributed by atoms with Crippen LogP contribution < -0.4 is 4.73 Å². The first-order chi connectivity index (χ1) is 13.0. The number of pyridine rings is 2. The van der Waals surface area contributed by atoms with E-state index in [0.29, 0.717) is 31.8 Å². The molecule has 0 fully saturated rings. The largest absolute Gasteiger partial charge is 0.293 e. The van der Waals surface area contributed by atoms with Gasteiger partial charge < -0.3 is 0 Å². The third-order valence-electron chi connectivity index (χ3n) is 4.23. The third kappa shape index (κ3) is 3.21. The fourth-order valence-corrected chi connectivity index (χ4v) is 4.07. The molecule has 0 saturated carbocycles. The summed E-state index contributed by atoms with van der Waals surface area (Å²) in [5.74, 6) is 0.